The smallest absolute Gasteiger partial charge is 0.254 e. The first kappa shape index (κ1) is 17.5. The van der Waals surface area contributed by atoms with Crippen molar-refractivity contribution in [2.24, 2.45) is 0 Å². The fraction of sp³-hybridized carbons (Fsp3) is 0.611. The van der Waals surface area contributed by atoms with Crippen LogP contribution in [-0.4, -0.2) is 23.9 Å². The number of rotatable bonds is 9. The first-order valence-corrected chi connectivity index (χ1v) is 8.26. The van der Waals surface area contributed by atoms with Gasteiger partial charge in [-0.1, -0.05) is 45.6 Å². The maximum atomic E-state index is 12.8. The van der Waals surface area contributed by atoms with Crippen molar-refractivity contribution >= 4 is 11.6 Å². The monoisotopic (exact) mass is 290 g/mol. The molecule has 0 saturated carbocycles. The van der Waals surface area contributed by atoms with Gasteiger partial charge in [0.05, 0.1) is 0 Å². The third-order valence-corrected chi connectivity index (χ3v) is 3.96. The van der Waals surface area contributed by atoms with Gasteiger partial charge in [0.25, 0.3) is 5.91 Å². The van der Waals surface area contributed by atoms with E-state index >= 15 is 0 Å². The second kappa shape index (κ2) is 9.43. The fourth-order valence-electron chi connectivity index (χ4n) is 2.48. The summed E-state index contributed by atoms with van der Waals surface area (Å²) >= 11 is 0. The molecule has 1 aromatic rings. The fourth-order valence-corrected chi connectivity index (χ4v) is 2.48. The highest BCUT2D eigenvalue weighted by Crippen LogP contribution is 2.18. The second-order valence-electron chi connectivity index (χ2n) is 5.73. The minimum Gasteiger partial charge on any atom is -0.398 e. The molecule has 0 aliphatic heterocycles. The van der Waals surface area contributed by atoms with Crippen LogP contribution in [0.2, 0.25) is 0 Å². The number of benzene rings is 1. The van der Waals surface area contributed by atoms with Gasteiger partial charge < -0.3 is 10.6 Å². The maximum absolute atomic E-state index is 12.8. The van der Waals surface area contributed by atoms with Gasteiger partial charge in [-0.05, 0) is 37.5 Å². The van der Waals surface area contributed by atoms with Gasteiger partial charge in [0, 0.05) is 24.3 Å². The minimum absolute atomic E-state index is 0.131. The van der Waals surface area contributed by atoms with E-state index in [1.54, 1.807) is 0 Å². The summed E-state index contributed by atoms with van der Waals surface area (Å²) in [6, 6.07) is 5.61. The van der Waals surface area contributed by atoms with Crippen molar-refractivity contribution in [1.82, 2.24) is 4.90 Å². The molecule has 1 aromatic carbocycles. The largest absolute Gasteiger partial charge is 0.398 e. The standard InChI is InChI=1S/C18H30N2O/c1-4-6-8-13-20(14-9-7-5-2)18(21)16-11-10-12-17(19)15(16)3/h10-12H,4-9,13-14,19H2,1-3H3. The number of carbonyl (C=O) groups is 1. The molecular weight excluding hydrogens is 260 g/mol. The number of amides is 1. The zero-order chi connectivity index (χ0) is 15.7. The molecule has 21 heavy (non-hydrogen) atoms. The molecule has 3 heteroatoms. The van der Waals surface area contributed by atoms with Crippen LogP contribution in [0, 0.1) is 6.92 Å². The lowest BCUT2D eigenvalue weighted by atomic mass is 10.1. The van der Waals surface area contributed by atoms with Crippen molar-refractivity contribution in [2.45, 2.75) is 59.3 Å². The maximum Gasteiger partial charge on any atom is 0.254 e. The molecule has 0 bridgehead atoms. The lowest BCUT2D eigenvalue weighted by molar-refractivity contribution is 0.0749. The average Bonchev–Trinajstić information content (AvgIpc) is 2.48. The zero-order valence-electron chi connectivity index (χ0n) is 13.8. The van der Waals surface area contributed by atoms with Crippen LogP contribution in [-0.2, 0) is 0 Å². The summed E-state index contributed by atoms with van der Waals surface area (Å²) in [5.41, 5.74) is 8.28. The van der Waals surface area contributed by atoms with Gasteiger partial charge in [0.15, 0.2) is 0 Å². The number of hydrogen-bond donors (Lipinski definition) is 1. The Morgan fingerprint density at radius 1 is 1.05 bits per heavy atom. The summed E-state index contributed by atoms with van der Waals surface area (Å²) in [5, 5.41) is 0. The predicted molar refractivity (Wildman–Crippen MR) is 90.5 cm³/mol. The lowest BCUT2D eigenvalue weighted by Crippen LogP contribution is -2.33. The highest BCUT2D eigenvalue weighted by Gasteiger charge is 2.17. The third kappa shape index (κ3) is 5.41. The SMILES string of the molecule is CCCCCN(CCCCC)C(=O)c1cccc(N)c1C. The number of nitrogens with zero attached hydrogens (tertiary/aromatic N) is 1. The quantitative estimate of drug-likeness (QED) is 0.541. The first-order valence-electron chi connectivity index (χ1n) is 8.26. The molecule has 118 valence electrons. The van der Waals surface area contributed by atoms with Crippen molar-refractivity contribution in [2.75, 3.05) is 18.8 Å². The first-order chi connectivity index (χ1) is 10.1. The molecule has 0 atom stereocenters. The van der Waals surface area contributed by atoms with Crippen molar-refractivity contribution in [3.05, 3.63) is 29.3 Å². The van der Waals surface area contributed by atoms with E-state index in [1.807, 2.05) is 30.0 Å². The van der Waals surface area contributed by atoms with Crippen LogP contribution in [0.3, 0.4) is 0 Å². The van der Waals surface area contributed by atoms with Crippen LogP contribution in [0.5, 0.6) is 0 Å². The van der Waals surface area contributed by atoms with E-state index < -0.39 is 0 Å². The summed E-state index contributed by atoms with van der Waals surface area (Å²) in [4.78, 5) is 14.8. The van der Waals surface area contributed by atoms with Gasteiger partial charge in [-0.25, -0.2) is 0 Å². The Morgan fingerprint density at radius 2 is 1.62 bits per heavy atom. The number of carbonyl (C=O) groups excluding carboxylic acids is 1. The molecule has 2 N–H and O–H groups in total. The molecule has 0 unspecified atom stereocenters. The van der Waals surface area contributed by atoms with Crippen molar-refractivity contribution in [3.8, 4) is 0 Å². The Kier molecular flexibility index (Phi) is 7.88. The van der Waals surface area contributed by atoms with E-state index in [-0.39, 0.29) is 5.91 Å². The van der Waals surface area contributed by atoms with Gasteiger partial charge in [-0.3, -0.25) is 4.79 Å². The van der Waals surface area contributed by atoms with E-state index in [4.69, 9.17) is 5.73 Å². The summed E-state index contributed by atoms with van der Waals surface area (Å²) < 4.78 is 0. The van der Waals surface area contributed by atoms with Gasteiger partial charge >= 0.3 is 0 Å². The van der Waals surface area contributed by atoms with E-state index in [9.17, 15) is 4.79 Å². The molecular formula is C18H30N2O. The van der Waals surface area contributed by atoms with E-state index in [0.717, 1.165) is 37.1 Å². The van der Waals surface area contributed by atoms with E-state index in [1.165, 1.54) is 25.7 Å². The topological polar surface area (TPSA) is 46.3 Å². The number of hydrogen-bond acceptors (Lipinski definition) is 2. The molecule has 3 nitrogen and oxygen atoms in total. The summed E-state index contributed by atoms with van der Waals surface area (Å²) in [6.07, 6.45) is 6.86. The van der Waals surface area contributed by atoms with Crippen LogP contribution in [0.4, 0.5) is 5.69 Å². The molecule has 0 aliphatic rings. The van der Waals surface area contributed by atoms with Crippen molar-refractivity contribution in [1.29, 1.82) is 0 Å². The van der Waals surface area contributed by atoms with E-state index in [0.29, 0.717) is 5.69 Å². The van der Waals surface area contributed by atoms with Crippen molar-refractivity contribution in [3.63, 3.8) is 0 Å². The van der Waals surface area contributed by atoms with Gasteiger partial charge in [0.1, 0.15) is 0 Å². The van der Waals surface area contributed by atoms with Crippen LogP contribution in [0.1, 0.15) is 68.3 Å². The minimum atomic E-state index is 0.131. The van der Waals surface area contributed by atoms with Crippen LogP contribution < -0.4 is 5.73 Å². The number of nitrogen functional groups attached to an aromatic ring is 1. The molecule has 0 saturated heterocycles. The molecule has 0 spiro atoms. The summed E-state index contributed by atoms with van der Waals surface area (Å²) in [6.45, 7) is 8.00. The number of unbranched alkanes of at least 4 members (excludes halogenated alkanes) is 4. The Balaban J connectivity index is 2.79. The lowest BCUT2D eigenvalue weighted by Gasteiger charge is -2.24. The summed E-state index contributed by atoms with van der Waals surface area (Å²) in [7, 11) is 0. The Bertz CT molecular complexity index is 433. The molecule has 0 aliphatic carbocycles. The molecule has 0 radical (unpaired) electrons. The Hall–Kier alpha value is -1.51. The molecule has 1 amide bonds. The molecule has 0 heterocycles. The normalized spacial score (nSPS) is 10.6. The molecule has 0 aromatic heterocycles. The molecule has 0 fully saturated rings. The van der Waals surface area contributed by atoms with Crippen LogP contribution in [0.25, 0.3) is 0 Å². The van der Waals surface area contributed by atoms with Gasteiger partial charge in [-0.2, -0.15) is 0 Å². The predicted octanol–water partition coefficient (Wildman–Crippen LogP) is 4.40. The van der Waals surface area contributed by atoms with Crippen molar-refractivity contribution < 1.29 is 4.79 Å². The number of nitrogens with two attached hydrogens (primary N) is 1. The van der Waals surface area contributed by atoms with Gasteiger partial charge in [-0.15, -0.1) is 0 Å². The highest BCUT2D eigenvalue weighted by atomic mass is 16.2. The Morgan fingerprint density at radius 3 is 2.14 bits per heavy atom. The average molecular weight is 290 g/mol. The van der Waals surface area contributed by atoms with Gasteiger partial charge in [0.2, 0.25) is 0 Å². The highest BCUT2D eigenvalue weighted by molar-refractivity contribution is 5.96. The molecule has 1 rings (SSSR count). The van der Waals surface area contributed by atoms with Crippen LogP contribution >= 0.6 is 0 Å². The summed E-state index contributed by atoms with van der Waals surface area (Å²) in [5.74, 6) is 0.131. The third-order valence-electron chi connectivity index (χ3n) is 3.96. The Labute approximate surface area is 129 Å². The van der Waals surface area contributed by atoms with Crippen LogP contribution in [0.15, 0.2) is 18.2 Å². The second-order valence-corrected chi connectivity index (χ2v) is 5.73. The van der Waals surface area contributed by atoms with E-state index in [2.05, 4.69) is 13.8 Å². The zero-order valence-corrected chi connectivity index (χ0v) is 13.8. The number of anilines is 1.